The highest BCUT2D eigenvalue weighted by atomic mass is 35.5. The van der Waals surface area contributed by atoms with Crippen molar-refractivity contribution in [1.29, 1.82) is 0 Å². The molecule has 4 heteroatoms. The van der Waals surface area contributed by atoms with Crippen molar-refractivity contribution in [2.75, 3.05) is 18.1 Å². The van der Waals surface area contributed by atoms with Crippen molar-refractivity contribution in [3.8, 4) is 0 Å². The van der Waals surface area contributed by atoms with Crippen LogP contribution < -0.4 is 4.90 Å². The lowest BCUT2D eigenvalue weighted by Crippen LogP contribution is -2.37. The predicted molar refractivity (Wildman–Crippen MR) is 74.1 cm³/mol. The van der Waals surface area contributed by atoms with Crippen molar-refractivity contribution in [2.24, 2.45) is 0 Å². The summed E-state index contributed by atoms with van der Waals surface area (Å²) in [5, 5.41) is 19.3. The fourth-order valence-electron chi connectivity index (χ4n) is 2.57. The Morgan fingerprint density at radius 3 is 2.72 bits per heavy atom. The number of halogens is 1. The summed E-state index contributed by atoms with van der Waals surface area (Å²) in [4.78, 5) is 2.20. The molecular weight excluding hydrogens is 250 g/mol. The third-order valence-corrected chi connectivity index (χ3v) is 3.89. The average molecular weight is 270 g/mol. The Bertz CT molecular complexity index is 397. The van der Waals surface area contributed by atoms with Gasteiger partial charge in [-0.05, 0) is 30.5 Å². The van der Waals surface area contributed by atoms with Gasteiger partial charge >= 0.3 is 0 Å². The van der Waals surface area contributed by atoms with Gasteiger partial charge in [0.05, 0.1) is 30.0 Å². The highest BCUT2D eigenvalue weighted by Crippen LogP contribution is 2.31. The smallest absolute Gasteiger partial charge is 0.0682 e. The number of aliphatic hydroxyl groups excluding tert-OH is 2. The minimum absolute atomic E-state index is 0.00340. The standard InChI is InChI=1S/C14H20ClNO2/c15-13-8-11(9-17)5-6-14(13)16-7-3-1-2-4-12(16)10-18/h5-6,8,12,17-18H,1-4,7,9-10H2. The van der Waals surface area contributed by atoms with Crippen molar-refractivity contribution >= 4 is 17.3 Å². The fourth-order valence-corrected chi connectivity index (χ4v) is 2.88. The van der Waals surface area contributed by atoms with Crippen LogP contribution >= 0.6 is 11.6 Å². The van der Waals surface area contributed by atoms with E-state index >= 15 is 0 Å². The summed E-state index contributed by atoms with van der Waals surface area (Å²) in [6, 6.07) is 5.79. The summed E-state index contributed by atoms with van der Waals surface area (Å²) in [5.41, 5.74) is 1.79. The van der Waals surface area contributed by atoms with Crippen LogP contribution in [-0.4, -0.2) is 29.4 Å². The van der Waals surface area contributed by atoms with Crippen molar-refractivity contribution in [1.82, 2.24) is 0 Å². The van der Waals surface area contributed by atoms with Crippen LogP contribution in [0.5, 0.6) is 0 Å². The van der Waals surface area contributed by atoms with E-state index in [0.29, 0.717) is 5.02 Å². The molecule has 2 rings (SSSR count). The number of rotatable bonds is 3. The highest BCUT2D eigenvalue weighted by Gasteiger charge is 2.22. The fraction of sp³-hybridized carbons (Fsp3) is 0.571. The van der Waals surface area contributed by atoms with Gasteiger partial charge in [-0.2, -0.15) is 0 Å². The summed E-state index contributed by atoms with van der Waals surface area (Å²) >= 11 is 6.28. The van der Waals surface area contributed by atoms with Crippen LogP contribution in [0.3, 0.4) is 0 Å². The first-order chi connectivity index (χ1) is 8.76. The number of nitrogens with zero attached hydrogens (tertiary/aromatic N) is 1. The van der Waals surface area contributed by atoms with Gasteiger partial charge in [0.25, 0.3) is 0 Å². The van der Waals surface area contributed by atoms with Gasteiger partial charge < -0.3 is 15.1 Å². The van der Waals surface area contributed by atoms with E-state index in [-0.39, 0.29) is 19.3 Å². The maximum absolute atomic E-state index is 9.51. The van der Waals surface area contributed by atoms with Gasteiger partial charge in [0.1, 0.15) is 0 Å². The van der Waals surface area contributed by atoms with Crippen molar-refractivity contribution in [2.45, 2.75) is 38.3 Å². The van der Waals surface area contributed by atoms with Gasteiger partial charge in [-0.25, -0.2) is 0 Å². The summed E-state index contributed by atoms with van der Waals surface area (Å²) in [6.45, 7) is 1.10. The molecule has 18 heavy (non-hydrogen) atoms. The van der Waals surface area contributed by atoms with Crippen LogP contribution in [0, 0.1) is 0 Å². The monoisotopic (exact) mass is 269 g/mol. The van der Waals surface area contributed by atoms with Gasteiger partial charge in [-0.3, -0.25) is 0 Å². The molecule has 0 spiro atoms. The van der Waals surface area contributed by atoms with Gasteiger partial charge in [0.15, 0.2) is 0 Å². The number of benzene rings is 1. The predicted octanol–water partition coefficient (Wildman–Crippen LogP) is 2.57. The Morgan fingerprint density at radius 2 is 2.06 bits per heavy atom. The number of anilines is 1. The second kappa shape index (κ2) is 6.41. The Balaban J connectivity index is 2.27. The molecule has 3 nitrogen and oxygen atoms in total. The van der Waals surface area contributed by atoms with E-state index in [4.69, 9.17) is 16.7 Å². The lowest BCUT2D eigenvalue weighted by atomic mass is 10.1. The average Bonchev–Trinajstić information content (AvgIpc) is 2.63. The lowest BCUT2D eigenvalue weighted by Gasteiger charge is -2.31. The summed E-state index contributed by atoms with van der Waals surface area (Å²) in [6.07, 6.45) is 4.51. The molecule has 1 aliphatic heterocycles. The zero-order chi connectivity index (χ0) is 13.0. The van der Waals surface area contributed by atoms with Crippen LogP contribution in [0.1, 0.15) is 31.2 Å². The molecule has 1 atom stereocenters. The zero-order valence-electron chi connectivity index (χ0n) is 10.5. The van der Waals surface area contributed by atoms with Crippen LogP contribution in [-0.2, 0) is 6.61 Å². The minimum Gasteiger partial charge on any atom is -0.394 e. The molecule has 1 heterocycles. The molecule has 0 amide bonds. The number of hydrogen-bond acceptors (Lipinski definition) is 3. The summed E-state index contributed by atoms with van der Waals surface area (Å²) in [5.74, 6) is 0. The molecule has 0 radical (unpaired) electrons. The molecule has 0 bridgehead atoms. The summed E-state index contributed by atoms with van der Waals surface area (Å²) in [7, 11) is 0. The van der Waals surface area contributed by atoms with Crippen LogP contribution in [0.2, 0.25) is 5.02 Å². The Hall–Kier alpha value is -0.770. The zero-order valence-corrected chi connectivity index (χ0v) is 11.2. The van der Waals surface area contributed by atoms with Crippen LogP contribution in [0.25, 0.3) is 0 Å². The quantitative estimate of drug-likeness (QED) is 0.886. The molecule has 1 saturated heterocycles. The second-order valence-electron chi connectivity index (χ2n) is 4.82. The van der Waals surface area contributed by atoms with E-state index in [1.165, 1.54) is 6.42 Å². The molecule has 0 aromatic heterocycles. The van der Waals surface area contributed by atoms with Gasteiger partial charge in [-0.15, -0.1) is 0 Å². The normalized spacial score (nSPS) is 20.8. The largest absolute Gasteiger partial charge is 0.394 e. The molecule has 0 aliphatic carbocycles. The second-order valence-corrected chi connectivity index (χ2v) is 5.23. The maximum atomic E-state index is 9.51. The third kappa shape index (κ3) is 2.97. The molecule has 1 unspecified atom stereocenters. The molecular formula is C14H20ClNO2. The highest BCUT2D eigenvalue weighted by molar-refractivity contribution is 6.33. The van der Waals surface area contributed by atoms with Crippen LogP contribution in [0.4, 0.5) is 5.69 Å². The maximum Gasteiger partial charge on any atom is 0.0682 e. The van der Waals surface area contributed by atoms with E-state index in [0.717, 1.165) is 37.1 Å². The first kappa shape index (κ1) is 13.7. The van der Waals surface area contributed by atoms with Crippen LogP contribution in [0.15, 0.2) is 18.2 Å². The van der Waals surface area contributed by atoms with E-state index in [1.807, 2.05) is 12.1 Å². The first-order valence-electron chi connectivity index (χ1n) is 6.53. The molecule has 0 saturated carbocycles. The van der Waals surface area contributed by atoms with Gasteiger partial charge in [-0.1, -0.05) is 30.5 Å². The Kier molecular flexibility index (Phi) is 4.87. The molecule has 1 aromatic rings. The topological polar surface area (TPSA) is 43.7 Å². The third-order valence-electron chi connectivity index (χ3n) is 3.59. The Labute approximate surface area is 113 Å². The van der Waals surface area contributed by atoms with E-state index in [9.17, 15) is 5.11 Å². The van der Waals surface area contributed by atoms with Gasteiger partial charge in [0.2, 0.25) is 0 Å². The molecule has 1 aromatic carbocycles. The van der Waals surface area contributed by atoms with Crippen molar-refractivity contribution < 1.29 is 10.2 Å². The molecule has 2 N–H and O–H groups in total. The molecule has 1 aliphatic rings. The van der Waals surface area contributed by atoms with E-state index in [1.54, 1.807) is 6.07 Å². The molecule has 100 valence electrons. The van der Waals surface area contributed by atoms with Gasteiger partial charge in [0, 0.05) is 6.54 Å². The molecule has 1 fully saturated rings. The number of hydrogen-bond donors (Lipinski definition) is 2. The number of aliphatic hydroxyl groups is 2. The lowest BCUT2D eigenvalue weighted by molar-refractivity contribution is 0.255. The Morgan fingerprint density at radius 1 is 1.22 bits per heavy atom. The van der Waals surface area contributed by atoms with E-state index < -0.39 is 0 Å². The SMILES string of the molecule is OCc1ccc(N2CCCCCC2CO)c(Cl)c1. The minimum atomic E-state index is 0.00340. The summed E-state index contributed by atoms with van der Waals surface area (Å²) < 4.78 is 0. The van der Waals surface area contributed by atoms with Crippen molar-refractivity contribution in [3.05, 3.63) is 28.8 Å². The van der Waals surface area contributed by atoms with E-state index in [2.05, 4.69) is 4.90 Å². The first-order valence-corrected chi connectivity index (χ1v) is 6.91. The van der Waals surface area contributed by atoms with Crippen molar-refractivity contribution in [3.63, 3.8) is 0 Å².